The molecule has 0 aromatic heterocycles. The summed E-state index contributed by atoms with van der Waals surface area (Å²) in [6.07, 6.45) is 6.79. The zero-order chi connectivity index (χ0) is 13.7. The van der Waals surface area contributed by atoms with Crippen LogP contribution >= 0.6 is 0 Å². The zero-order valence-electron chi connectivity index (χ0n) is 12.1. The van der Waals surface area contributed by atoms with Crippen LogP contribution in [0.1, 0.15) is 45.4 Å². The van der Waals surface area contributed by atoms with Gasteiger partial charge in [-0.05, 0) is 44.1 Å². The molecule has 110 valence electrons. The molecule has 1 amide bonds. The van der Waals surface area contributed by atoms with Crippen molar-refractivity contribution in [1.82, 2.24) is 10.2 Å². The highest BCUT2D eigenvalue weighted by Crippen LogP contribution is 2.31. The third-order valence-electron chi connectivity index (χ3n) is 4.69. The van der Waals surface area contributed by atoms with Gasteiger partial charge >= 0.3 is 0 Å². The maximum Gasteiger partial charge on any atom is 0.239 e. The van der Waals surface area contributed by atoms with Crippen LogP contribution in [0.4, 0.5) is 0 Å². The van der Waals surface area contributed by atoms with Crippen LogP contribution < -0.4 is 5.32 Å². The van der Waals surface area contributed by atoms with Gasteiger partial charge in [0.05, 0.1) is 6.04 Å². The molecule has 1 saturated heterocycles. The fourth-order valence-corrected chi connectivity index (χ4v) is 3.48. The van der Waals surface area contributed by atoms with E-state index in [1.165, 1.54) is 19.3 Å². The van der Waals surface area contributed by atoms with E-state index >= 15 is 0 Å². The lowest BCUT2D eigenvalue weighted by atomic mass is 9.79. The molecule has 4 heteroatoms. The third-order valence-corrected chi connectivity index (χ3v) is 4.69. The smallest absolute Gasteiger partial charge is 0.239 e. The second kappa shape index (κ2) is 7.25. The molecule has 1 heterocycles. The lowest BCUT2D eigenvalue weighted by molar-refractivity contribution is -0.130. The number of aliphatic hydroxyl groups excluding tert-OH is 1. The van der Waals surface area contributed by atoms with E-state index in [0.717, 1.165) is 38.9 Å². The molecule has 2 N–H and O–H groups in total. The summed E-state index contributed by atoms with van der Waals surface area (Å²) < 4.78 is 0. The van der Waals surface area contributed by atoms with Crippen LogP contribution in [0, 0.1) is 11.8 Å². The predicted molar refractivity (Wildman–Crippen MR) is 75.8 cm³/mol. The fraction of sp³-hybridized carbons (Fsp3) is 0.933. The van der Waals surface area contributed by atoms with Crippen LogP contribution in [-0.2, 0) is 4.79 Å². The number of carbonyl (C=O) groups is 1. The Bertz CT molecular complexity index is 296. The molecular formula is C15H28N2O2. The van der Waals surface area contributed by atoms with Gasteiger partial charge in [-0.1, -0.05) is 19.8 Å². The van der Waals surface area contributed by atoms with Gasteiger partial charge in [0.2, 0.25) is 5.91 Å². The minimum Gasteiger partial charge on any atom is -0.396 e. The minimum absolute atomic E-state index is 0.0381. The summed E-state index contributed by atoms with van der Waals surface area (Å²) in [5, 5.41) is 12.8. The summed E-state index contributed by atoms with van der Waals surface area (Å²) in [6, 6.07) is 0.0381. The summed E-state index contributed by atoms with van der Waals surface area (Å²) in [6.45, 7) is 5.07. The van der Waals surface area contributed by atoms with Crippen LogP contribution in [-0.4, -0.2) is 48.2 Å². The molecule has 2 aliphatic rings. The number of nitrogens with one attached hydrogen (secondary N) is 1. The highest BCUT2D eigenvalue weighted by Gasteiger charge is 2.34. The molecular weight excluding hydrogens is 240 g/mol. The Morgan fingerprint density at radius 2 is 2.00 bits per heavy atom. The van der Waals surface area contributed by atoms with Crippen molar-refractivity contribution in [2.45, 2.75) is 51.5 Å². The van der Waals surface area contributed by atoms with Crippen molar-refractivity contribution in [1.29, 1.82) is 0 Å². The van der Waals surface area contributed by atoms with Gasteiger partial charge in [0.25, 0.3) is 0 Å². The van der Waals surface area contributed by atoms with Crippen LogP contribution in [0.3, 0.4) is 0 Å². The Hall–Kier alpha value is -0.610. The lowest BCUT2D eigenvalue weighted by Crippen LogP contribution is -2.42. The number of rotatable bonds is 6. The third kappa shape index (κ3) is 3.69. The van der Waals surface area contributed by atoms with Crippen LogP contribution in [0.25, 0.3) is 0 Å². The number of carbonyl (C=O) groups excluding carboxylic acids is 1. The maximum atomic E-state index is 12.3. The van der Waals surface area contributed by atoms with Gasteiger partial charge in [-0.2, -0.15) is 0 Å². The molecule has 0 bridgehead atoms. The molecule has 0 aromatic rings. The van der Waals surface area contributed by atoms with Crippen molar-refractivity contribution < 1.29 is 9.90 Å². The Morgan fingerprint density at radius 1 is 1.26 bits per heavy atom. The van der Waals surface area contributed by atoms with E-state index in [9.17, 15) is 9.90 Å². The zero-order valence-corrected chi connectivity index (χ0v) is 12.1. The molecule has 4 nitrogen and oxygen atoms in total. The first-order valence-corrected chi connectivity index (χ1v) is 7.89. The van der Waals surface area contributed by atoms with Crippen LogP contribution in [0.2, 0.25) is 0 Å². The second-order valence-corrected chi connectivity index (χ2v) is 6.07. The number of hydrogen-bond donors (Lipinski definition) is 2. The van der Waals surface area contributed by atoms with Gasteiger partial charge in [0.1, 0.15) is 0 Å². The quantitative estimate of drug-likeness (QED) is 0.765. The van der Waals surface area contributed by atoms with E-state index < -0.39 is 0 Å². The number of aliphatic hydroxyl groups is 1. The van der Waals surface area contributed by atoms with E-state index in [-0.39, 0.29) is 18.6 Å². The normalized spacial score (nSPS) is 32.0. The van der Waals surface area contributed by atoms with Gasteiger partial charge in [-0.3, -0.25) is 4.79 Å². The number of hydrogen-bond acceptors (Lipinski definition) is 3. The van der Waals surface area contributed by atoms with E-state index in [4.69, 9.17) is 0 Å². The first-order valence-electron chi connectivity index (χ1n) is 7.89. The number of likely N-dealkylation sites (tertiary alicyclic amines) is 1. The topological polar surface area (TPSA) is 52.6 Å². The molecule has 2 rings (SSSR count). The Balaban J connectivity index is 1.84. The molecule has 0 radical (unpaired) electrons. The van der Waals surface area contributed by atoms with Gasteiger partial charge in [0, 0.05) is 19.7 Å². The predicted octanol–water partition coefficient (Wildman–Crippen LogP) is 1.39. The van der Waals surface area contributed by atoms with Crippen LogP contribution in [0.5, 0.6) is 0 Å². The molecule has 3 atom stereocenters. The second-order valence-electron chi connectivity index (χ2n) is 6.07. The fourth-order valence-electron chi connectivity index (χ4n) is 3.48. The number of nitrogens with zero attached hydrogens (tertiary/aromatic N) is 1. The summed E-state index contributed by atoms with van der Waals surface area (Å²) in [5.74, 6) is 1.19. The summed E-state index contributed by atoms with van der Waals surface area (Å²) >= 11 is 0. The monoisotopic (exact) mass is 268 g/mol. The van der Waals surface area contributed by atoms with Gasteiger partial charge in [-0.15, -0.1) is 0 Å². The highest BCUT2D eigenvalue weighted by atomic mass is 16.3. The molecule has 0 aromatic carbocycles. The van der Waals surface area contributed by atoms with E-state index in [0.29, 0.717) is 11.8 Å². The lowest BCUT2D eigenvalue weighted by Gasteiger charge is -2.33. The molecule has 1 aliphatic carbocycles. The summed E-state index contributed by atoms with van der Waals surface area (Å²) in [5.41, 5.74) is 0. The average Bonchev–Trinajstić information content (AvgIpc) is 2.78. The largest absolute Gasteiger partial charge is 0.396 e. The first-order chi connectivity index (χ1) is 9.26. The number of amides is 1. The van der Waals surface area contributed by atoms with Gasteiger partial charge in [0.15, 0.2) is 0 Å². The molecule has 3 unspecified atom stereocenters. The standard InChI is InChI=1S/C15H28N2O2/c1-2-8-16-14-7-9-17(15(14)19)10-12-5-3-4-6-13(12)11-18/h12-14,16,18H,2-11H2,1H3. The molecule has 19 heavy (non-hydrogen) atoms. The van der Waals surface area contributed by atoms with Crippen molar-refractivity contribution in [3.63, 3.8) is 0 Å². The summed E-state index contributed by atoms with van der Waals surface area (Å²) in [4.78, 5) is 14.3. The Kier molecular flexibility index (Phi) is 5.64. The van der Waals surface area contributed by atoms with E-state index in [1.54, 1.807) is 0 Å². The van der Waals surface area contributed by atoms with Crippen molar-refractivity contribution in [3.8, 4) is 0 Å². The first kappa shape index (κ1) is 14.8. The van der Waals surface area contributed by atoms with Gasteiger partial charge < -0.3 is 15.3 Å². The summed E-state index contributed by atoms with van der Waals surface area (Å²) in [7, 11) is 0. The molecule has 1 saturated carbocycles. The Morgan fingerprint density at radius 3 is 2.68 bits per heavy atom. The Labute approximate surface area is 116 Å². The highest BCUT2D eigenvalue weighted by molar-refractivity contribution is 5.83. The molecule has 2 fully saturated rings. The average molecular weight is 268 g/mol. The van der Waals surface area contributed by atoms with Crippen LogP contribution in [0.15, 0.2) is 0 Å². The van der Waals surface area contributed by atoms with Crippen molar-refractivity contribution >= 4 is 5.91 Å². The van der Waals surface area contributed by atoms with Crippen molar-refractivity contribution in [2.24, 2.45) is 11.8 Å². The van der Waals surface area contributed by atoms with Crippen molar-refractivity contribution in [3.05, 3.63) is 0 Å². The van der Waals surface area contributed by atoms with Crippen molar-refractivity contribution in [2.75, 3.05) is 26.2 Å². The minimum atomic E-state index is 0.0381. The van der Waals surface area contributed by atoms with Gasteiger partial charge in [-0.25, -0.2) is 0 Å². The maximum absolute atomic E-state index is 12.3. The SMILES string of the molecule is CCCNC1CCN(CC2CCCCC2CO)C1=O. The molecule has 0 spiro atoms. The van der Waals surface area contributed by atoms with E-state index in [2.05, 4.69) is 12.2 Å². The van der Waals surface area contributed by atoms with E-state index in [1.807, 2.05) is 4.90 Å². The molecule has 1 aliphatic heterocycles.